The SMILES string of the molecule is CCN(CC)C(=O)Cn1ccc2cc(NC(=O)CCOc3ccc(F)cc3)ccc21. The fourth-order valence-corrected chi connectivity index (χ4v) is 3.25. The minimum Gasteiger partial charge on any atom is -0.493 e. The Morgan fingerprint density at radius 1 is 1.07 bits per heavy atom. The van der Waals surface area contributed by atoms with Crippen molar-refractivity contribution in [2.24, 2.45) is 0 Å². The van der Waals surface area contributed by atoms with Gasteiger partial charge in [-0.05, 0) is 62.4 Å². The smallest absolute Gasteiger partial charge is 0.242 e. The van der Waals surface area contributed by atoms with Gasteiger partial charge in [-0.1, -0.05) is 0 Å². The number of likely N-dealkylation sites (N-methyl/N-ethyl adjacent to an activating group) is 1. The highest BCUT2D eigenvalue weighted by atomic mass is 19.1. The van der Waals surface area contributed by atoms with E-state index in [4.69, 9.17) is 4.74 Å². The molecule has 30 heavy (non-hydrogen) atoms. The van der Waals surface area contributed by atoms with Crippen LogP contribution in [0.4, 0.5) is 10.1 Å². The van der Waals surface area contributed by atoms with Gasteiger partial charge in [0.2, 0.25) is 11.8 Å². The number of carbonyl (C=O) groups excluding carboxylic acids is 2. The van der Waals surface area contributed by atoms with Crippen molar-refractivity contribution in [1.29, 1.82) is 0 Å². The summed E-state index contributed by atoms with van der Waals surface area (Å²) in [5.41, 5.74) is 1.62. The third-order valence-corrected chi connectivity index (χ3v) is 4.89. The van der Waals surface area contributed by atoms with Crippen molar-refractivity contribution in [3.05, 3.63) is 60.5 Å². The van der Waals surface area contributed by atoms with Crippen molar-refractivity contribution >= 4 is 28.4 Å². The van der Waals surface area contributed by atoms with Gasteiger partial charge in [0, 0.05) is 35.9 Å². The van der Waals surface area contributed by atoms with Crippen molar-refractivity contribution in [2.45, 2.75) is 26.8 Å². The third-order valence-electron chi connectivity index (χ3n) is 4.89. The summed E-state index contributed by atoms with van der Waals surface area (Å²) in [6.45, 7) is 5.80. The largest absolute Gasteiger partial charge is 0.493 e. The van der Waals surface area contributed by atoms with Crippen LogP contribution in [0.2, 0.25) is 0 Å². The van der Waals surface area contributed by atoms with Gasteiger partial charge >= 0.3 is 0 Å². The summed E-state index contributed by atoms with van der Waals surface area (Å²) >= 11 is 0. The van der Waals surface area contributed by atoms with E-state index in [9.17, 15) is 14.0 Å². The highest BCUT2D eigenvalue weighted by molar-refractivity contribution is 5.94. The molecule has 0 aliphatic rings. The van der Waals surface area contributed by atoms with E-state index in [1.54, 1.807) is 4.90 Å². The van der Waals surface area contributed by atoms with E-state index in [-0.39, 0.29) is 37.2 Å². The summed E-state index contributed by atoms with van der Waals surface area (Å²) in [5.74, 6) is 0.0941. The Balaban J connectivity index is 1.56. The fraction of sp³-hybridized carbons (Fsp3) is 0.304. The molecular weight excluding hydrogens is 385 g/mol. The normalized spacial score (nSPS) is 10.8. The Labute approximate surface area is 175 Å². The van der Waals surface area contributed by atoms with Crippen LogP contribution < -0.4 is 10.1 Å². The Hall–Kier alpha value is -3.35. The number of rotatable bonds is 9. The number of nitrogens with zero attached hydrogens (tertiary/aromatic N) is 2. The molecule has 2 aromatic carbocycles. The van der Waals surface area contributed by atoms with Crippen LogP contribution in [-0.4, -0.2) is 41.0 Å². The van der Waals surface area contributed by atoms with Crippen LogP contribution in [0, 0.1) is 5.82 Å². The van der Waals surface area contributed by atoms with E-state index in [1.165, 1.54) is 24.3 Å². The number of hydrogen-bond acceptors (Lipinski definition) is 3. The zero-order chi connectivity index (χ0) is 21.5. The molecule has 0 fully saturated rings. The molecule has 158 valence electrons. The van der Waals surface area contributed by atoms with Gasteiger partial charge in [-0.25, -0.2) is 4.39 Å². The predicted molar refractivity (Wildman–Crippen MR) is 115 cm³/mol. The first-order chi connectivity index (χ1) is 14.5. The molecule has 0 saturated carbocycles. The summed E-state index contributed by atoms with van der Waals surface area (Å²) < 4.78 is 20.2. The predicted octanol–water partition coefficient (Wildman–Crippen LogP) is 4.06. The number of carbonyl (C=O) groups is 2. The minimum atomic E-state index is -0.332. The lowest BCUT2D eigenvalue weighted by Crippen LogP contribution is -2.33. The number of hydrogen-bond donors (Lipinski definition) is 1. The Kier molecular flexibility index (Phi) is 7.06. The minimum absolute atomic E-state index is 0.0797. The first-order valence-electron chi connectivity index (χ1n) is 10.0. The maximum Gasteiger partial charge on any atom is 0.242 e. The molecule has 0 atom stereocenters. The van der Waals surface area contributed by atoms with E-state index in [1.807, 2.05) is 48.9 Å². The number of fused-ring (bicyclic) bond motifs is 1. The van der Waals surface area contributed by atoms with E-state index in [0.717, 1.165) is 10.9 Å². The van der Waals surface area contributed by atoms with Crippen molar-refractivity contribution < 1.29 is 18.7 Å². The van der Waals surface area contributed by atoms with Crippen LogP contribution in [0.15, 0.2) is 54.7 Å². The zero-order valence-corrected chi connectivity index (χ0v) is 17.2. The highest BCUT2D eigenvalue weighted by Crippen LogP contribution is 2.21. The molecule has 3 rings (SSSR count). The van der Waals surface area contributed by atoms with Crippen LogP contribution in [0.1, 0.15) is 20.3 Å². The second-order valence-corrected chi connectivity index (χ2v) is 6.88. The lowest BCUT2D eigenvalue weighted by atomic mass is 10.2. The van der Waals surface area contributed by atoms with Crippen molar-refractivity contribution in [3.63, 3.8) is 0 Å². The van der Waals surface area contributed by atoms with E-state index < -0.39 is 0 Å². The number of benzene rings is 2. The number of ether oxygens (including phenoxy) is 1. The Morgan fingerprint density at radius 2 is 1.80 bits per heavy atom. The fourth-order valence-electron chi connectivity index (χ4n) is 3.25. The molecule has 0 saturated heterocycles. The molecule has 0 aliphatic heterocycles. The van der Waals surface area contributed by atoms with Gasteiger partial charge in [0.05, 0.1) is 13.0 Å². The molecule has 0 aliphatic carbocycles. The molecule has 0 radical (unpaired) electrons. The van der Waals surface area contributed by atoms with Gasteiger partial charge in [-0.2, -0.15) is 0 Å². The molecule has 7 heteroatoms. The third kappa shape index (κ3) is 5.37. The van der Waals surface area contributed by atoms with Gasteiger partial charge in [0.25, 0.3) is 0 Å². The van der Waals surface area contributed by atoms with Gasteiger partial charge in [0.1, 0.15) is 18.1 Å². The number of nitrogens with one attached hydrogen (secondary N) is 1. The van der Waals surface area contributed by atoms with E-state index in [2.05, 4.69) is 5.32 Å². The average molecular weight is 411 g/mol. The maximum atomic E-state index is 12.9. The van der Waals surface area contributed by atoms with Crippen LogP contribution in [0.3, 0.4) is 0 Å². The summed E-state index contributed by atoms with van der Waals surface area (Å²) in [6.07, 6.45) is 2.06. The number of anilines is 1. The van der Waals surface area contributed by atoms with Crippen LogP contribution >= 0.6 is 0 Å². The monoisotopic (exact) mass is 411 g/mol. The van der Waals surface area contributed by atoms with Crippen LogP contribution in [0.5, 0.6) is 5.75 Å². The Bertz CT molecular complexity index is 1010. The quantitative estimate of drug-likeness (QED) is 0.578. The van der Waals surface area contributed by atoms with E-state index in [0.29, 0.717) is 24.5 Å². The highest BCUT2D eigenvalue weighted by Gasteiger charge is 2.12. The van der Waals surface area contributed by atoms with Crippen molar-refractivity contribution in [3.8, 4) is 5.75 Å². The molecule has 0 bridgehead atoms. The Morgan fingerprint density at radius 3 is 2.50 bits per heavy atom. The average Bonchev–Trinajstić information content (AvgIpc) is 3.12. The van der Waals surface area contributed by atoms with Crippen molar-refractivity contribution in [2.75, 3.05) is 25.0 Å². The van der Waals surface area contributed by atoms with Crippen LogP contribution in [-0.2, 0) is 16.1 Å². The number of amides is 2. The van der Waals surface area contributed by atoms with Gasteiger partial charge in [-0.3, -0.25) is 9.59 Å². The summed E-state index contributed by atoms with van der Waals surface area (Å²) in [4.78, 5) is 26.3. The first-order valence-corrected chi connectivity index (χ1v) is 10.0. The molecule has 0 spiro atoms. The van der Waals surface area contributed by atoms with Gasteiger partial charge in [-0.15, -0.1) is 0 Å². The molecule has 1 aromatic heterocycles. The zero-order valence-electron chi connectivity index (χ0n) is 17.2. The molecule has 0 unspecified atom stereocenters. The molecule has 3 aromatic rings. The topological polar surface area (TPSA) is 63.6 Å². The molecular formula is C23H26FN3O3. The molecule has 1 heterocycles. The number of halogens is 1. The summed E-state index contributed by atoms with van der Waals surface area (Å²) in [7, 11) is 0. The van der Waals surface area contributed by atoms with Gasteiger partial charge < -0.3 is 19.5 Å². The van der Waals surface area contributed by atoms with Crippen LogP contribution in [0.25, 0.3) is 10.9 Å². The van der Waals surface area contributed by atoms with Gasteiger partial charge in [0.15, 0.2) is 0 Å². The lowest BCUT2D eigenvalue weighted by Gasteiger charge is -2.19. The lowest BCUT2D eigenvalue weighted by molar-refractivity contribution is -0.131. The molecule has 2 amide bonds. The van der Waals surface area contributed by atoms with Crippen molar-refractivity contribution in [1.82, 2.24) is 9.47 Å². The second kappa shape index (κ2) is 9.91. The summed E-state index contributed by atoms with van der Waals surface area (Å²) in [6, 6.07) is 13.2. The summed E-state index contributed by atoms with van der Waals surface area (Å²) in [5, 5.41) is 3.80. The number of aromatic nitrogens is 1. The second-order valence-electron chi connectivity index (χ2n) is 6.88. The maximum absolute atomic E-state index is 12.9. The molecule has 1 N–H and O–H groups in total. The van der Waals surface area contributed by atoms with E-state index >= 15 is 0 Å². The molecule has 6 nitrogen and oxygen atoms in total. The first kappa shape index (κ1) is 21.4. The standard InChI is InChI=1S/C23H26FN3O3/c1-3-26(4-2)23(29)16-27-13-11-17-15-19(7-10-21(17)27)25-22(28)12-14-30-20-8-5-18(24)6-9-20/h5-11,13,15H,3-4,12,14,16H2,1-2H3,(H,25,28).